The molecule has 0 unspecified atom stereocenters. The third kappa shape index (κ3) is 4.71. The van der Waals surface area contributed by atoms with Gasteiger partial charge in [0.1, 0.15) is 0 Å². The number of ether oxygens (including phenoxy) is 1. The molecule has 0 aromatic carbocycles. The third-order valence-electron chi connectivity index (χ3n) is 3.86. The van der Waals surface area contributed by atoms with Crippen LogP contribution in [0.3, 0.4) is 0 Å². The third-order valence-corrected chi connectivity index (χ3v) is 3.86. The molecule has 0 aliphatic carbocycles. The summed E-state index contributed by atoms with van der Waals surface area (Å²) in [5.74, 6) is 1.76. The molecule has 2 N–H and O–H groups in total. The minimum absolute atomic E-state index is 0.391. The number of hydrogen-bond donors (Lipinski definition) is 1. The summed E-state index contributed by atoms with van der Waals surface area (Å²) >= 11 is 0. The highest BCUT2D eigenvalue weighted by Crippen LogP contribution is 2.22. The van der Waals surface area contributed by atoms with Crippen molar-refractivity contribution < 1.29 is 4.74 Å². The van der Waals surface area contributed by atoms with Gasteiger partial charge >= 0.3 is 0 Å². The Kier molecular flexibility index (Phi) is 6.06. The number of nitrogens with zero attached hydrogens (tertiary/aromatic N) is 3. The molecule has 5 nitrogen and oxygen atoms in total. The van der Waals surface area contributed by atoms with Crippen LogP contribution in [-0.4, -0.2) is 41.9 Å². The molecule has 2 heterocycles. The van der Waals surface area contributed by atoms with Gasteiger partial charge in [-0.15, -0.1) is 0 Å². The maximum atomic E-state index is 5.87. The molecule has 0 radical (unpaired) electrons. The second kappa shape index (κ2) is 7.80. The van der Waals surface area contributed by atoms with Gasteiger partial charge in [-0.25, -0.2) is 4.98 Å². The highest BCUT2D eigenvalue weighted by atomic mass is 16.5. The van der Waals surface area contributed by atoms with E-state index >= 15 is 0 Å². The summed E-state index contributed by atoms with van der Waals surface area (Å²) in [7, 11) is 0. The maximum Gasteiger partial charge on any atom is 0.205 e. The first kappa shape index (κ1) is 16.3. The van der Waals surface area contributed by atoms with E-state index in [2.05, 4.69) is 36.4 Å². The van der Waals surface area contributed by atoms with Gasteiger partial charge in [0.25, 0.3) is 0 Å². The second-order valence-electron chi connectivity index (χ2n) is 6.43. The zero-order valence-electron chi connectivity index (χ0n) is 13.7. The van der Waals surface area contributed by atoms with Gasteiger partial charge in [0, 0.05) is 32.4 Å². The zero-order chi connectivity index (χ0) is 15.2. The molecule has 1 aliphatic heterocycles. The molecule has 0 amide bonds. The van der Waals surface area contributed by atoms with Gasteiger partial charge < -0.3 is 19.9 Å². The van der Waals surface area contributed by atoms with E-state index in [-0.39, 0.29) is 0 Å². The summed E-state index contributed by atoms with van der Waals surface area (Å²) in [5.41, 5.74) is 6.61. The molecule has 1 aliphatic rings. The molecule has 21 heavy (non-hydrogen) atoms. The van der Waals surface area contributed by atoms with E-state index in [0.717, 1.165) is 57.1 Å². The van der Waals surface area contributed by atoms with Crippen LogP contribution in [0.4, 0.5) is 5.95 Å². The minimum atomic E-state index is 0.391. The van der Waals surface area contributed by atoms with Gasteiger partial charge in [0.05, 0.1) is 11.8 Å². The van der Waals surface area contributed by atoms with E-state index in [1.54, 1.807) is 0 Å². The Bertz CT molecular complexity index is 422. The van der Waals surface area contributed by atoms with Gasteiger partial charge in [-0.2, -0.15) is 0 Å². The first-order chi connectivity index (χ1) is 10.1. The van der Waals surface area contributed by atoms with Crippen molar-refractivity contribution in [1.82, 2.24) is 9.55 Å². The van der Waals surface area contributed by atoms with Crippen LogP contribution in [0.2, 0.25) is 0 Å². The molecular formula is C16H30N4O. The van der Waals surface area contributed by atoms with Gasteiger partial charge in [-0.1, -0.05) is 13.8 Å². The van der Waals surface area contributed by atoms with E-state index in [1.807, 2.05) is 0 Å². The monoisotopic (exact) mass is 294 g/mol. The van der Waals surface area contributed by atoms with Crippen LogP contribution in [-0.2, 0) is 11.3 Å². The Labute approximate surface area is 128 Å². The number of hydrogen-bond acceptors (Lipinski definition) is 4. The van der Waals surface area contributed by atoms with Gasteiger partial charge in [-0.3, -0.25) is 0 Å². The van der Waals surface area contributed by atoms with Gasteiger partial charge in [-0.05, 0) is 38.6 Å². The SMILES string of the molecule is Cc1cn(CC(C)C)c(N2CCC(OCCCN)CC2)n1. The van der Waals surface area contributed by atoms with Crippen molar-refractivity contribution in [3.8, 4) is 0 Å². The molecule has 0 spiro atoms. The minimum Gasteiger partial charge on any atom is -0.378 e. The fourth-order valence-electron chi connectivity index (χ4n) is 2.87. The number of nitrogens with two attached hydrogens (primary N) is 1. The van der Waals surface area contributed by atoms with Crippen molar-refractivity contribution >= 4 is 5.95 Å². The first-order valence-corrected chi connectivity index (χ1v) is 8.20. The normalized spacial score (nSPS) is 16.9. The Balaban J connectivity index is 1.89. The Morgan fingerprint density at radius 3 is 2.71 bits per heavy atom. The smallest absolute Gasteiger partial charge is 0.205 e. The standard InChI is InChI=1S/C16H30N4O/c1-13(2)11-20-12-14(3)18-16(20)19-8-5-15(6-9-19)21-10-4-7-17/h12-13,15H,4-11,17H2,1-3H3. The van der Waals surface area contributed by atoms with E-state index in [1.165, 1.54) is 0 Å². The lowest BCUT2D eigenvalue weighted by molar-refractivity contribution is 0.0364. The predicted octanol–water partition coefficient (Wildman–Crippen LogP) is 2.18. The molecule has 0 atom stereocenters. The number of imidazole rings is 1. The first-order valence-electron chi connectivity index (χ1n) is 8.20. The van der Waals surface area contributed by atoms with E-state index < -0.39 is 0 Å². The van der Waals surface area contributed by atoms with Crippen molar-refractivity contribution in [2.75, 3.05) is 31.1 Å². The summed E-state index contributed by atoms with van der Waals surface area (Å²) in [5, 5.41) is 0. The molecule has 1 fully saturated rings. The van der Waals surface area contributed by atoms with Crippen molar-refractivity contribution in [2.24, 2.45) is 11.7 Å². The average molecular weight is 294 g/mol. The van der Waals surface area contributed by atoms with Crippen LogP contribution in [0.15, 0.2) is 6.20 Å². The maximum absolute atomic E-state index is 5.87. The highest BCUT2D eigenvalue weighted by molar-refractivity contribution is 5.34. The summed E-state index contributed by atoms with van der Waals surface area (Å²) < 4.78 is 8.17. The highest BCUT2D eigenvalue weighted by Gasteiger charge is 2.23. The average Bonchev–Trinajstić information content (AvgIpc) is 2.80. The quantitative estimate of drug-likeness (QED) is 0.783. The lowest BCUT2D eigenvalue weighted by Gasteiger charge is -2.33. The lowest BCUT2D eigenvalue weighted by Crippen LogP contribution is -2.38. The summed E-state index contributed by atoms with van der Waals surface area (Å²) in [6.45, 7) is 11.2. The van der Waals surface area contributed by atoms with Crippen molar-refractivity contribution in [3.05, 3.63) is 11.9 Å². The number of aryl methyl sites for hydroxylation is 1. The van der Waals surface area contributed by atoms with Crippen molar-refractivity contribution in [3.63, 3.8) is 0 Å². The Morgan fingerprint density at radius 1 is 1.38 bits per heavy atom. The Morgan fingerprint density at radius 2 is 2.10 bits per heavy atom. The molecular weight excluding hydrogens is 264 g/mol. The number of rotatable bonds is 7. The molecule has 5 heteroatoms. The molecule has 0 saturated carbocycles. The summed E-state index contributed by atoms with van der Waals surface area (Å²) in [6.07, 6.45) is 5.68. The van der Waals surface area contributed by atoms with Crippen LogP contribution in [0.5, 0.6) is 0 Å². The molecule has 1 aromatic heterocycles. The Hall–Kier alpha value is -1.07. The molecule has 1 aromatic rings. The van der Waals surface area contributed by atoms with Crippen LogP contribution in [0.25, 0.3) is 0 Å². The fourth-order valence-corrected chi connectivity index (χ4v) is 2.87. The van der Waals surface area contributed by atoms with Crippen LogP contribution < -0.4 is 10.6 Å². The topological polar surface area (TPSA) is 56.3 Å². The lowest BCUT2D eigenvalue weighted by atomic mass is 10.1. The fraction of sp³-hybridized carbons (Fsp3) is 0.812. The summed E-state index contributed by atoms with van der Waals surface area (Å²) in [6, 6.07) is 0. The van der Waals surface area contributed by atoms with E-state index in [4.69, 9.17) is 15.5 Å². The molecule has 0 bridgehead atoms. The molecule has 1 saturated heterocycles. The van der Waals surface area contributed by atoms with E-state index in [9.17, 15) is 0 Å². The summed E-state index contributed by atoms with van der Waals surface area (Å²) in [4.78, 5) is 7.12. The van der Waals surface area contributed by atoms with Crippen molar-refractivity contribution in [1.29, 1.82) is 0 Å². The molecule has 2 rings (SSSR count). The number of anilines is 1. The number of aromatic nitrogens is 2. The van der Waals surface area contributed by atoms with Crippen molar-refractivity contribution in [2.45, 2.75) is 52.7 Å². The molecule has 120 valence electrons. The van der Waals surface area contributed by atoms with Crippen LogP contribution in [0, 0.1) is 12.8 Å². The van der Waals surface area contributed by atoms with Gasteiger partial charge in [0.2, 0.25) is 5.95 Å². The van der Waals surface area contributed by atoms with Crippen LogP contribution in [0.1, 0.15) is 38.8 Å². The predicted molar refractivity (Wildman–Crippen MR) is 86.7 cm³/mol. The van der Waals surface area contributed by atoms with E-state index in [0.29, 0.717) is 18.6 Å². The zero-order valence-corrected chi connectivity index (χ0v) is 13.7. The number of piperidine rings is 1. The largest absolute Gasteiger partial charge is 0.378 e. The second-order valence-corrected chi connectivity index (χ2v) is 6.43. The van der Waals surface area contributed by atoms with Gasteiger partial charge in [0.15, 0.2) is 0 Å². The van der Waals surface area contributed by atoms with Crippen LogP contribution >= 0.6 is 0 Å².